The molecule has 3 fully saturated rings. The molecule has 1 saturated heterocycles. The highest BCUT2D eigenvalue weighted by molar-refractivity contribution is 7.91. The fourth-order valence-electron chi connectivity index (χ4n) is 8.75. The van der Waals surface area contributed by atoms with Crippen LogP contribution in [0, 0.1) is 17.8 Å². The smallest absolute Gasteiger partial charge is 0.408 e. The standard InChI is InChI=1S/C41H53F2N5O10S/c1-6-24-19-23(2)9-7-8-10-25-21-41(25,37(51)46-59(54,55)40(5)14-15-40)45-33(49)29-20-26(22-47(29)35(50)31(24)48(38(52)53)39(3,4)36(42)43)58-34-28-11-12-30-32(57-18-17-56-30)27(28)13-16-44-34/h8,10-13,16,23-26,29,31,36H,6-7,9,14-15,17-22H2,1-5H3,(H,45,49)(H,46,51)(H,52,53)/t23-,24-,25-,26-,29+,31+,41-/m1/s1. The van der Waals surface area contributed by atoms with Crippen LogP contribution in [0.15, 0.2) is 36.5 Å². The topological polar surface area (TPSA) is 194 Å². The van der Waals surface area contributed by atoms with Gasteiger partial charge in [-0.2, -0.15) is 0 Å². The summed E-state index contributed by atoms with van der Waals surface area (Å²) in [6.45, 7) is 7.84. The summed E-state index contributed by atoms with van der Waals surface area (Å²) < 4.78 is 75.3. The third-order valence-corrected chi connectivity index (χ3v) is 15.1. The molecule has 0 bridgehead atoms. The Bertz CT molecular complexity index is 2150. The number of hydrogen-bond donors (Lipinski definition) is 3. The van der Waals surface area contributed by atoms with Crippen molar-refractivity contribution in [3.05, 3.63) is 36.5 Å². The molecule has 0 spiro atoms. The number of alkyl halides is 2. The second-order valence-corrected chi connectivity index (χ2v) is 19.7. The van der Waals surface area contributed by atoms with Gasteiger partial charge in [0.2, 0.25) is 27.7 Å². The van der Waals surface area contributed by atoms with Crippen molar-refractivity contribution >= 4 is 44.6 Å². The lowest BCUT2D eigenvalue weighted by Crippen LogP contribution is -2.65. The van der Waals surface area contributed by atoms with Crippen molar-refractivity contribution in [2.24, 2.45) is 17.8 Å². The zero-order valence-electron chi connectivity index (χ0n) is 33.9. The van der Waals surface area contributed by atoms with Crippen LogP contribution in [0.1, 0.15) is 86.0 Å². The molecule has 7 atom stereocenters. The summed E-state index contributed by atoms with van der Waals surface area (Å²) in [6.07, 6.45) is 1.74. The van der Waals surface area contributed by atoms with Crippen LogP contribution < -0.4 is 24.2 Å². The number of hydrogen-bond acceptors (Lipinski definition) is 10. The lowest BCUT2D eigenvalue weighted by atomic mass is 9.82. The van der Waals surface area contributed by atoms with Gasteiger partial charge in [-0.15, -0.1) is 0 Å². The number of carbonyl (C=O) groups excluding carboxylic acids is 3. The van der Waals surface area contributed by atoms with Gasteiger partial charge in [-0.3, -0.25) is 24.0 Å². The molecule has 1 aromatic heterocycles. The lowest BCUT2D eigenvalue weighted by Gasteiger charge is -2.45. The van der Waals surface area contributed by atoms with E-state index in [2.05, 4.69) is 15.0 Å². The highest BCUT2D eigenvalue weighted by atomic mass is 32.2. The van der Waals surface area contributed by atoms with E-state index in [1.54, 1.807) is 38.1 Å². The zero-order valence-corrected chi connectivity index (χ0v) is 34.7. The predicted molar refractivity (Wildman–Crippen MR) is 211 cm³/mol. The van der Waals surface area contributed by atoms with E-state index in [4.69, 9.17) is 14.2 Å². The van der Waals surface area contributed by atoms with Crippen molar-refractivity contribution in [2.45, 2.75) is 126 Å². The van der Waals surface area contributed by atoms with Crippen molar-refractivity contribution in [1.29, 1.82) is 0 Å². The summed E-state index contributed by atoms with van der Waals surface area (Å²) in [6, 6.07) is 2.19. The molecule has 4 amide bonds. The number of nitrogens with one attached hydrogen (secondary N) is 2. The Morgan fingerprint density at radius 3 is 2.56 bits per heavy atom. The minimum Gasteiger partial charge on any atom is -0.486 e. The Morgan fingerprint density at radius 2 is 1.88 bits per heavy atom. The van der Waals surface area contributed by atoms with E-state index < -0.39 is 86.1 Å². The molecule has 2 saturated carbocycles. The number of carbonyl (C=O) groups is 4. The summed E-state index contributed by atoms with van der Waals surface area (Å²) >= 11 is 0. The molecular formula is C41H53F2N5O10S. The molecule has 7 rings (SSSR count). The third-order valence-electron chi connectivity index (χ3n) is 12.9. The normalized spacial score (nSPS) is 29.4. The maximum Gasteiger partial charge on any atom is 0.408 e. The fourth-order valence-corrected chi connectivity index (χ4v) is 10.1. The number of benzene rings is 1. The Kier molecular flexibility index (Phi) is 11.3. The quantitative estimate of drug-likeness (QED) is 0.287. The van der Waals surface area contributed by atoms with E-state index in [0.717, 1.165) is 13.8 Å². The molecule has 322 valence electrons. The molecule has 59 heavy (non-hydrogen) atoms. The van der Waals surface area contributed by atoms with Gasteiger partial charge in [0.25, 0.3) is 12.3 Å². The number of pyridine rings is 1. The number of halogens is 2. The molecule has 5 aliphatic rings. The molecule has 3 N–H and O–H groups in total. The Balaban J connectivity index is 1.29. The fraction of sp³-hybridized carbons (Fsp3) is 0.634. The molecular weight excluding hydrogens is 793 g/mol. The van der Waals surface area contributed by atoms with Crippen LogP contribution in [0.5, 0.6) is 17.4 Å². The van der Waals surface area contributed by atoms with Gasteiger partial charge in [-0.1, -0.05) is 32.4 Å². The van der Waals surface area contributed by atoms with Gasteiger partial charge in [0, 0.05) is 29.3 Å². The summed E-state index contributed by atoms with van der Waals surface area (Å²) in [5, 5.41) is 14.6. The summed E-state index contributed by atoms with van der Waals surface area (Å²) in [5.74, 6) is -2.74. The number of ether oxygens (including phenoxy) is 3. The van der Waals surface area contributed by atoms with Crippen molar-refractivity contribution in [3.63, 3.8) is 0 Å². The van der Waals surface area contributed by atoms with Gasteiger partial charge in [-0.05, 0) is 89.3 Å². The first-order valence-corrected chi connectivity index (χ1v) is 21.8. The highest BCUT2D eigenvalue weighted by Crippen LogP contribution is 2.48. The van der Waals surface area contributed by atoms with E-state index in [1.807, 2.05) is 13.0 Å². The largest absolute Gasteiger partial charge is 0.486 e. The number of carboxylic acid groups (broad SMARTS) is 1. The molecule has 0 unspecified atom stereocenters. The second kappa shape index (κ2) is 15.7. The molecule has 0 radical (unpaired) electrons. The Labute approximate surface area is 342 Å². The van der Waals surface area contributed by atoms with Crippen LogP contribution in [0.3, 0.4) is 0 Å². The number of aromatic nitrogens is 1. The Morgan fingerprint density at radius 1 is 1.15 bits per heavy atom. The maximum atomic E-state index is 15.2. The zero-order chi connectivity index (χ0) is 42.7. The van der Waals surface area contributed by atoms with Crippen LogP contribution >= 0.6 is 0 Å². The summed E-state index contributed by atoms with van der Waals surface area (Å²) in [5.41, 5.74) is -3.98. The van der Waals surface area contributed by atoms with Crippen LogP contribution in [-0.2, 0) is 24.4 Å². The Hall–Kier alpha value is -4.74. The first kappa shape index (κ1) is 42.4. The molecule has 15 nitrogen and oxygen atoms in total. The average Bonchev–Trinajstić information content (AvgIpc) is 4.07. The summed E-state index contributed by atoms with van der Waals surface area (Å²) in [4.78, 5) is 63.1. The molecule has 4 heterocycles. The first-order chi connectivity index (χ1) is 27.8. The van der Waals surface area contributed by atoms with Gasteiger partial charge in [0.1, 0.15) is 42.5 Å². The minimum atomic E-state index is -4.09. The first-order valence-electron chi connectivity index (χ1n) is 20.3. The van der Waals surface area contributed by atoms with Gasteiger partial charge >= 0.3 is 6.09 Å². The lowest BCUT2D eigenvalue weighted by molar-refractivity contribution is -0.149. The second-order valence-electron chi connectivity index (χ2n) is 17.5. The average molecular weight is 846 g/mol. The highest BCUT2D eigenvalue weighted by Gasteiger charge is 2.63. The van der Waals surface area contributed by atoms with Gasteiger partial charge in [-0.25, -0.2) is 27.0 Å². The van der Waals surface area contributed by atoms with Crippen molar-refractivity contribution in [3.8, 4) is 17.4 Å². The third kappa shape index (κ3) is 7.88. The van der Waals surface area contributed by atoms with Crippen molar-refractivity contribution in [1.82, 2.24) is 24.8 Å². The molecule has 2 aliphatic carbocycles. The van der Waals surface area contributed by atoms with E-state index in [0.29, 0.717) is 72.5 Å². The monoisotopic (exact) mass is 845 g/mol. The molecule has 2 aromatic rings. The van der Waals surface area contributed by atoms with Gasteiger partial charge in [0.15, 0.2) is 11.5 Å². The van der Waals surface area contributed by atoms with E-state index in [9.17, 15) is 36.7 Å². The van der Waals surface area contributed by atoms with E-state index >= 15 is 4.79 Å². The molecule has 1 aromatic carbocycles. The van der Waals surface area contributed by atoms with Crippen LogP contribution in [0.25, 0.3) is 10.8 Å². The van der Waals surface area contributed by atoms with Crippen molar-refractivity contribution in [2.75, 3.05) is 19.8 Å². The van der Waals surface area contributed by atoms with E-state index in [1.165, 1.54) is 11.1 Å². The number of sulfonamides is 1. The molecule has 18 heteroatoms. The number of allylic oxidation sites excluding steroid dienone is 1. The molecule has 3 aliphatic heterocycles. The van der Waals surface area contributed by atoms with Gasteiger partial charge in [0.05, 0.1) is 11.3 Å². The van der Waals surface area contributed by atoms with Crippen LogP contribution in [-0.4, -0.2) is 112 Å². The van der Waals surface area contributed by atoms with Gasteiger partial charge < -0.3 is 29.5 Å². The number of rotatable bonds is 9. The summed E-state index contributed by atoms with van der Waals surface area (Å²) in [7, 11) is -4.09. The minimum absolute atomic E-state index is 0.0882. The number of amides is 4. The number of fused-ring (bicyclic) bond motifs is 5. The van der Waals surface area contributed by atoms with Crippen LogP contribution in [0.2, 0.25) is 0 Å². The van der Waals surface area contributed by atoms with Crippen LogP contribution in [0.4, 0.5) is 13.6 Å². The number of nitrogens with zero attached hydrogens (tertiary/aromatic N) is 3. The SMILES string of the molecule is CC[C@@H]1C[C@H](C)CCC=C[C@@H]2C[C@@]2(C(=O)NS(=O)(=O)C2(C)CC2)NC(=O)[C@@H]2C[C@@H](Oc3nccc4c5c(ccc34)OCCO5)CN2C(=O)[C@H]1N(C(=O)O)C(C)(C)C(F)F. The van der Waals surface area contributed by atoms with E-state index in [-0.39, 0.29) is 37.6 Å². The van der Waals surface area contributed by atoms with Crippen molar-refractivity contribution < 1.29 is 55.7 Å². The maximum absolute atomic E-state index is 15.2. The predicted octanol–water partition coefficient (Wildman–Crippen LogP) is 5.02.